The zero-order valence-corrected chi connectivity index (χ0v) is 14.7. The highest BCUT2D eigenvalue weighted by Gasteiger charge is 2.57. The number of fused-ring (bicyclic) bond motifs is 2. The minimum atomic E-state index is -0.859. The molecule has 3 rings (SSSR count). The molecule has 1 saturated carbocycles. The van der Waals surface area contributed by atoms with E-state index in [4.69, 9.17) is 0 Å². The molecule has 1 fully saturated rings. The van der Waals surface area contributed by atoms with Crippen molar-refractivity contribution in [2.24, 2.45) is 5.92 Å². The predicted octanol–water partition coefficient (Wildman–Crippen LogP) is 2.30. The van der Waals surface area contributed by atoms with Gasteiger partial charge in [-0.15, -0.1) is 0 Å². The summed E-state index contributed by atoms with van der Waals surface area (Å²) in [7, 11) is 0. The highest BCUT2D eigenvalue weighted by molar-refractivity contribution is 7.98. The van der Waals surface area contributed by atoms with E-state index < -0.39 is 5.60 Å². The third-order valence-corrected chi connectivity index (χ3v) is 6.13. The second-order valence-electron chi connectivity index (χ2n) is 7.21. The molecule has 126 valence electrons. The van der Waals surface area contributed by atoms with Crippen LogP contribution in [0.3, 0.4) is 0 Å². The average Bonchev–Trinajstić information content (AvgIpc) is 3.11. The van der Waals surface area contributed by atoms with Crippen LogP contribution in [0.4, 0.5) is 4.79 Å². The first-order valence-corrected chi connectivity index (χ1v) is 9.68. The van der Waals surface area contributed by atoms with Gasteiger partial charge in [0.25, 0.3) is 0 Å². The molecule has 1 spiro atoms. The van der Waals surface area contributed by atoms with Gasteiger partial charge in [-0.1, -0.05) is 24.3 Å². The molecule has 23 heavy (non-hydrogen) atoms. The summed E-state index contributed by atoms with van der Waals surface area (Å²) in [4.78, 5) is 11.9. The van der Waals surface area contributed by atoms with Gasteiger partial charge in [-0.25, -0.2) is 4.79 Å². The van der Waals surface area contributed by atoms with Crippen LogP contribution in [0.5, 0.6) is 0 Å². The molecule has 1 aromatic rings. The number of urea groups is 1. The molecule has 1 aromatic carbocycles. The fourth-order valence-corrected chi connectivity index (χ4v) is 4.64. The molecule has 2 aliphatic rings. The van der Waals surface area contributed by atoms with Crippen LogP contribution in [0.1, 0.15) is 30.9 Å². The van der Waals surface area contributed by atoms with Gasteiger partial charge in [0.05, 0.1) is 5.60 Å². The van der Waals surface area contributed by atoms with Crippen LogP contribution in [0.25, 0.3) is 0 Å². The van der Waals surface area contributed by atoms with Crippen molar-refractivity contribution >= 4 is 17.8 Å². The van der Waals surface area contributed by atoms with Crippen LogP contribution < -0.4 is 10.6 Å². The number of rotatable bonds is 6. The first-order valence-electron chi connectivity index (χ1n) is 8.28. The quantitative estimate of drug-likeness (QED) is 0.748. The maximum absolute atomic E-state index is 11.9. The van der Waals surface area contributed by atoms with Crippen LogP contribution in [-0.4, -0.2) is 41.8 Å². The summed E-state index contributed by atoms with van der Waals surface area (Å²) in [6.45, 7) is 2.73. The Balaban J connectivity index is 1.45. The van der Waals surface area contributed by atoms with Crippen molar-refractivity contribution in [2.75, 3.05) is 25.1 Å². The summed E-state index contributed by atoms with van der Waals surface area (Å²) < 4.78 is 0. The Bertz CT molecular complexity index is 590. The Morgan fingerprint density at radius 1 is 1.43 bits per heavy atom. The highest BCUT2D eigenvalue weighted by atomic mass is 32.2. The van der Waals surface area contributed by atoms with Gasteiger partial charge in [0.2, 0.25) is 0 Å². The van der Waals surface area contributed by atoms with Crippen molar-refractivity contribution in [3.63, 3.8) is 0 Å². The zero-order valence-electron chi connectivity index (χ0n) is 13.9. The number of thioether (sulfide) groups is 1. The van der Waals surface area contributed by atoms with E-state index >= 15 is 0 Å². The summed E-state index contributed by atoms with van der Waals surface area (Å²) in [5.41, 5.74) is 2.43. The minimum Gasteiger partial charge on any atom is -0.387 e. The number of amides is 2. The largest absolute Gasteiger partial charge is 0.387 e. The molecule has 0 aromatic heterocycles. The molecule has 5 heteroatoms. The van der Waals surface area contributed by atoms with Crippen molar-refractivity contribution in [2.45, 2.75) is 37.2 Å². The lowest BCUT2D eigenvalue weighted by Gasteiger charge is -2.22. The Morgan fingerprint density at radius 2 is 2.22 bits per heavy atom. The number of benzene rings is 1. The second-order valence-corrected chi connectivity index (χ2v) is 8.07. The lowest BCUT2D eigenvalue weighted by atomic mass is 9.95. The van der Waals surface area contributed by atoms with E-state index in [-0.39, 0.29) is 12.6 Å². The van der Waals surface area contributed by atoms with Gasteiger partial charge in [-0.05, 0) is 49.5 Å². The van der Waals surface area contributed by atoms with Crippen LogP contribution in [0.15, 0.2) is 24.3 Å². The summed E-state index contributed by atoms with van der Waals surface area (Å²) in [5, 5.41) is 15.8. The first kappa shape index (κ1) is 16.7. The average molecular weight is 334 g/mol. The summed E-state index contributed by atoms with van der Waals surface area (Å²) in [5.74, 6) is 1.15. The van der Waals surface area contributed by atoms with Gasteiger partial charge in [0.15, 0.2) is 0 Å². The molecule has 0 bridgehead atoms. The fourth-order valence-electron chi connectivity index (χ4n) is 3.91. The number of aryl methyl sites for hydroxylation is 1. The molecule has 3 N–H and O–H groups in total. The normalized spacial score (nSPS) is 27.3. The number of aliphatic hydroxyl groups is 1. The molecule has 0 radical (unpaired) electrons. The predicted molar refractivity (Wildman–Crippen MR) is 95.0 cm³/mol. The molecule has 0 heterocycles. The number of carbonyl (C=O) groups excluding carboxylic acids is 1. The number of hydrogen-bond acceptors (Lipinski definition) is 3. The van der Waals surface area contributed by atoms with E-state index in [1.54, 1.807) is 18.7 Å². The Hall–Kier alpha value is -1.20. The van der Waals surface area contributed by atoms with Crippen molar-refractivity contribution in [1.29, 1.82) is 0 Å². The van der Waals surface area contributed by atoms with E-state index in [2.05, 4.69) is 34.9 Å². The van der Waals surface area contributed by atoms with Crippen LogP contribution in [0, 0.1) is 5.92 Å². The van der Waals surface area contributed by atoms with E-state index in [0.29, 0.717) is 23.6 Å². The van der Waals surface area contributed by atoms with Crippen molar-refractivity contribution in [1.82, 2.24) is 10.6 Å². The van der Waals surface area contributed by atoms with Crippen LogP contribution in [-0.2, 0) is 11.8 Å². The molecule has 3 atom stereocenters. The van der Waals surface area contributed by atoms with Gasteiger partial charge in [0.1, 0.15) is 0 Å². The van der Waals surface area contributed by atoms with Gasteiger partial charge < -0.3 is 15.7 Å². The van der Waals surface area contributed by atoms with Gasteiger partial charge in [-0.2, -0.15) is 11.8 Å². The van der Waals surface area contributed by atoms with Gasteiger partial charge in [0, 0.05) is 24.3 Å². The van der Waals surface area contributed by atoms with E-state index in [9.17, 15) is 9.90 Å². The Kier molecular flexibility index (Phi) is 4.61. The minimum absolute atomic E-state index is 0.181. The molecule has 0 saturated heterocycles. The highest BCUT2D eigenvalue weighted by Crippen LogP contribution is 2.61. The monoisotopic (exact) mass is 334 g/mol. The maximum Gasteiger partial charge on any atom is 0.314 e. The summed E-state index contributed by atoms with van der Waals surface area (Å²) in [6.07, 6.45) is 5.49. The summed E-state index contributed by atoms with van der Waals surface area (Å²) >= 11 is 1.57. The molecule has 4 nitrogen and oxygen atoms in total. The van der Waals surface area contributed by atoms with E-state index in [1.807, 2.05) is 6.26 Å². The van der Waals surface area contributed by atoms with Gasteiger partial charge in [-0.3, -0.25) is 0 Å². The lowest BCUT2D eigenvalue weighted by molar-refractivity contribution is 0.0869. The summed E-state index contributed by atoms with van der Waals surface area (Å²) in [6, 6.07) is 8.53. The number of nitrogens with one attached hydrogen (secondary N) is 2. The SMILES string of the molecule is CSC[C@](C)(O)CNC(=O)NC[C@@H]1C[C@]12CCc1ccccc12. The fraction of sp³-hybridized carbons (Fsp3) is 0.611. The second kappa shape index (κ2) is 6.36. The lowest BCUT2D eigenvalue weighted by Crippen LogP contribution is -2.46. The van der Waals surface area contributed by atoms with Crippen molar-refractivity contribution < 1.29 is 9.90 Å². The topological polar surface area (TPSA) is 61.4 Å². The third kappa shape index (κ3) is 3.50. The molecular weight excluding hydrogens is 308 g/mol. The Morgan fingerprint density at radius 3 is 3.00 bits per heavy atom. The molecular formula is C18H26N2O2S. The molecule has 2 amide bonds. The number of carbonyl (C=O) groups is 1. The van der Waals surface area contributed by atoms with E-state index in [0.717, 1.165) is 6.42 Å². The zero-order chi connectivity index (χ0) is 16.5. The van der Waals surface area contributed by atoms with Crippen LogP contribution in [0.2, 0.25) is 0 Å². The standard InChI is InChI=1S/C18H26N2O2S/c1-17(22,12-23-2)11-20-16(21)19-10-14-9-18(14)8-7-13-5-3-4-6-15(13)18/h3-6,14,22H,7-12H2,1-2H3,(H2,19,20,21)/t14-,17+,18+/m0/s1. The van der Waals surface area contributed by atoms with Gasteiger partial charge >= 0.3 is 6.03 Å². The maximum atomic E-state index is 11.9. The van der Waals surface area contributed by atoms with Crippen LogP contribution >= 0.6 is 11.8 Å². The first-order chi connectivity index (χ1) is 11.0. The van der Waals surface area contributed by atoms with E-state index in [1.165, 1.54) is 24.0 Å². The third-order valence-electron chi connectivity index (χ3n) is 5.22. The van der Waals surface area contributed by atoms with Crippen molar-refractivity contribution in [3.8, 4) is 0 Å². The smallest absolute Gasteiger partial charge is 0.314 e. The molecule has 0 aliphatic heterocycles. The molecule has 0 unspecified atom stereocenters. The number of hydrogen-bond donors (Lipinski definition) is 3. The van der Waals surface area contributed by atoms with Crippen molar-refractivity contribution in [3.05, 3.63) is 35.4 Å². The molecule has 2 aliphatic carbocycles. The Labute approximate surface area is 142 Å².